The Morgan fingerprint density at radius 2 is 0.531 bits per heavy atom. The molecule has 0 amide bonds. The summed E-state index contributed by atoms with van der Waals surface area (Å²) < 4.78 is 0. The number of nitrogens with zero attached hydrogens (tertiary/aromatic N) is 8. The number of aromatic nitrogens is 8. The van der Waals surface area contributed by atoms with Crippen molar-refractivity contribution in [2.45, 2.75) is 49.4 Å². The zero-order valence-corrected chi connectivity index (χ0v) is 17.6. The molecule has 160 valence electrons. The molecule has 0 unspecified atom stereocenters. The van der Waals surface area contributed by atoms with Crippen molar-refractivity contribution in [3.8, 4) is 0 Å². The van der Waals surface area contributed by atoms with Crippen molar-refractivity contribution in [1.29, 1.82) is 0 Å². The van der Waals surface area contributed by atoms with E-state index in [-0.39, 0.29) is 23.7 Å². The van der Waals surface area contributed by atoms with E-state index >= 15 is 0 Å². The van der Waals surface area contributed by atoms with E-state index < -0.39 is 0 Å². The molecule has 1 aliphatic carbocycles. The van der Waals surface area contributed by atoms with E-state index in [2.05, 4.69) is 39.9 Å². The summed E-state index contributed by atoms with van der Waals surface area (Å²) in [5, 5.41) is 0. The Balaban J connectivity index is 1.55. The Hall–Kier alpha value is -3.68. The van der Waals surface area contributed by atoms with Crippen LogP contribution in [0.15, 0.2) is 73.8 Å². The minimum atomic E-state index is 0.149. The lowest BCUT2D eigenvalue weighted by molar-refractivity contribution is 0.325. The topological polar surface area (TPSA) is 103 Å². The molecule has 1 fully saturated rings. The first-order valence-corrected chi connectivity index (χ1v) is 10.9. The summed E-state index contributed by atoms with van der Waals surface area (Å²) in [6.07, 6.45) is 17.9. The van der Waals surface area contributed by atoms with Crippen LogP contribution in [-0.4, -0.2) is 39.9 Å². The number of hydrogen-bond acceptors (Lipinski definition) is 8. The molecule has 4 aromatic heterocycles. The van der Waals surface area contributed by atoms with Gasteiger partial charge in [-0.3, -0.25) is 0 Å². The summed E-state index contributed by atoms with van der Waals surface area (Å²) in [5.74, 6) is 4.00. The Kier molecular flexibility index (Phi) is 6.09. The fraction of sp³-hybridized carbons (Fsp3) is 0.333. The second kappa shape index (κ2) is 9.64. The molecule has 1 saturated carbocycles. The van der Waals surface area contributed by atoms with Crippen molar-refractivity contribution in [1.82, 2.24) is 39.9 Å². The Labute approximate surface area is 186 Å². The molecule has 1 aliphatic rings. The van der Waals surface area contributed by atoms with E-state index in [1.807, 2.05) is 73.8 Å². The van der Waals surface area contributed by atoms with Gasteiger partial charge in [0.2, 0.25) is 0 Å². The van der Waals surface area contributed by atoms with Gasteiger partial charge in [-0.25, -0.2) is 39.9 Å². The number of hydrogen-bond donors (Lipinski definition) is 0. The zero-order chi connectivity index (χ0) is 21.6. The van der Waals surface area contributed by atoms with Crippen LogP contribution in [0.3, 0.4) is 0 Å². The molecule has 8 heteroatoms. The van der Waals surface area contributed by atoms with Gasteiger partial charge in [-0.05, 0) is 49.9 Å². The molecule has 0 aliphatic heterocycles. The van der Waals surface area contributed by atoms with E-state index in [4.69, 9.17) is 0 Å². The van der Waals surface area contributed by atoms with E-state index in [0.29, 0.717) is 0 Å². The molecular weight excluding hydrogens is 400 g/mol. The highest BCUT2D eigenvalue weighted by molar-refractivity contribution is 5.13. The smallest absolute Gasteiger partial charge is 0.131 e. The minimum Gasteiger partial charge on any atom is -0.241 e. The lowest BCUT2D eigenvalue weighted by Crippen LogP contribution is -2.23. The van der Waals surface area contributed by atoms with Crippen LogP contribution in [0.4, 0.5) is 0 Å². The van der Waals surface area contributed by atoms with Crippen LogP contribution >= 0.6 is 0 Å². The Morgan fingerprint density at radius 1 is 0.344 bits per heavy atom. The molecule has 4 aromatic rings. The lowest BCUT2D eigenvalue weighted by atomic mass is 9.74. The van der Waals surface area contributed by atoms with Crippen LogP contribution in [0.1, 0.15) is 72.7 Å². The third-order valence-electron chi connectivity index (χ3n) is 6.08. The SMILES string of the molecule is c1cnc(C2CC(c3ncccn3)CC(c3ncccn3)CC(c3ncccn3)C2)nc1. The molecule has 0 radical (unpaired) electrons. The van der Waals surface area contributed by atoms with Gasteiger partial charge in [0.1, 0.15) is 23.3 Å². The summed E-state index contributed by atoms with van der Waals surface area (Å²) in [6.45, 7) is 0. The normalized spacial score (nSPS) is 23.8. The van der Waals surface area contributed by atoms with E-state index in [0.717, 1.165) is 49.0 Å². The summed E-state index contributed by atoms with van der Waals surface area (Å²) in [5.41, 5.74) is 0. The molecule has 5 rings (SSSR count). The highest BCUT2D eigenvalue weighted by atomic mass is 14.9. The monoisotopic (exact) mass is 424 g/mol. The van der Waals surface area contributed by atoms with Crippen LogP contribution < -0.4 is 0 Å². The quantitative estimate of drug-likeness (QED) is 0.487. The van der Waals surface area contributed by atoms with Crippen molar-refractivity contribution < 1.29 is 0 Å². The summed E-state index contributed by atoms with van der Waals surface area (Å²) in [7, 11) is 0. The fourth-order valence-electron chi connectivity index (χ4n) is 4.69. The van der Waals surface area contributed by atoms with Gasteiger partial charge in [-0.1, -0.05) is 0 Å². The molecule has 32 heavy (non-hydrogen) atoms. The van der Waals surface area contributed by atoms with Crippen LogP contribution in [0.2, 0.25) is 0 Å². The second-order valence-corrected chi connectivity index (χ2v) is 8.16. The highest BCUT2D eigenvalue weighted by Crippen LogP contribution is 2.45. The van der Waals surface area contributed by atoms with Crippen molar-refractivity contribution >= 4 is 0 Å². The molecule has 0 aromatic carbocycles. The first kappa shape index (κ1) is 20.2. The van der Waals surface area contributed by atoms with Gasteiger partial charge in [0, 0.05) is 73.2 Å². The maximum atomic E-state index is 4.59. The number of rotatable bonds is 4. The minimum absolute atomic E-state index is 0.149. The van der Waals surface area contributed by atoms with Gasteiger partial charge in [0.05, 0.1) is 0 Å². The average molecular weight is 425 g/mol. The summed E-state index contributed by atoms with van der Waals surface area (Å²) >= 11 is 0. The molecule has 0 bridgehead atoms. The second-order valence-electron chi connectivity index (χ2n) is 8.16. The predicted molar refractivity (Wildman–Crippen MR) is 118 cm³/mol. The van der Waals surface area contributed by atoms with Crippen molar-refractivity contribution in [2.75, 3.05) is 0 Å². The summed E-state index contributed by atoms with van der Waals surface area (Å²) in [4.78, 5) is 36.7. The van der Waals surface area contributed by atoms with Crippen LogP contribution in [-0.2, 0) is 0 Å². The predicted octanol–water partition coefficient (Wildman–Crippen LogP) is 3.86. The average Bonchev–Trinajstić information content (AvgIpc) is 2.86. The Morgan fingerprint density at radius 3 is 0.719 bits per heavy atom. The molecular formula is C24H24N8. The maximum Gasteiger partial charge on any atom is 0.131 e. The van der Waals surface area contributed by atoms with Crippen molar-refractivity contribution in [3.05, 3.63) is 97.1 Å². The van der Waals surface area contributed by atoms with E-state index in [9.17, 15) is 0 Å². The first-order valence-electron chi connectivity index (χ1n) is 10.9. The van der Waals surface area contributed by atoms with Gasteiger partial charge in [-0.2, -0.15) is 0 Å². The molecule has 0 spiro atoms. The molecule has 0 saturated heterocycles. The highest BCUT2D eigenvalue weighted by Gasteiger charge is 2.35. The molecule has 4 heterocycles. The lowest BCUT2D eigenvalue weighted by Gasteiger charge is -2.32. The van der Waals surface area contributed by atoms with Gasteiger partial charge in [-0.15, -0.1) is 0 Å². The third-order valence-corrected chi connectivity index (χ3v) is 6.08. The van der Waals surface area contributed by atoms with Gasteiger partial charge < -0.3 is 0 Å². The first-order chi connectivity index (χ1) is 15.9. The van der Waals surface area contributed by atoms with E-state index in [1.54, 1.807) is 0 Å². The zero-order valence-electron chi connectivity index (χ0n) is 17.6. The largest absolute Gasteiger partial charge is 0.241 e. The van der Waals surface area contributed by atoms with Crippen molar-refractivity contribution in [2.24, 2.45) is 0 Å². The standard InChI is InChI=1S/C24H24N8/c1-5-25-21(26-6-1)17-13-18(22-27-7-2-8-28-22)15-20(24-31-11-4-12-32-24)16-19(14-17)23-29-9-3-10-30-23/h1-12,17-20H,13-16H2. The third kappa shape index (κ3) is 4.64. The molecule has 0 atom stereocenters. The van der Waals surface area contributed by atoms with Gasteiger partial charge in [0.15, 0.2) is 0 Å². The Bertz CT molecular complexity index is 906. The van der Waals surface area contributed by atoms with Crippen LogP contribution in [0.5, 0.6) is 0 Å². The van der Waals surface area contributed by atoms with Gasteiger partial charge >= 0.3 is 0 Å². The van der Waals surface area contributed by atoms with Crippen molar-refractivity contribution in [3.63, 3.8) is 0 Å². The fourth-order valence-corrected chi connectivity index (χ4v) is 4.69. The molecule has 0 N–H and O–H groups in total. The van der Waals surface area contributed by atoms with Crippen LogP contribution in [0, 0.1) is 0 Å². The maximum absolute atomic E-state index is 4.59. The van der Waals surface area contributed by atoms with Crippen LogP contribution in [0.25, 0.3) is 0 Å². The molecule has 8 nitrogen and oxygen atoms in total. The van der Waals surface area contributed by atoms with Gasteiger partial charge in [0.25, 0.3) is 0 Å². The summed E-state index contributed by atoms with van der Waals surface area (Å²) in [6, 6.07) is 7.41. The van der Waals surface area contributed by atoms with E-state index in [1.165, 1.54) is 0 Å².